The molecule has 6 nitrogen and oxygen atoms in total. The van der Waals surface area contributed by atoms with E-state index in [9.17, 15) is 9.59 Å². The summed E-state index contributed by atoms with van der Waals surface area (Å²) < 4.78 is 5.30. The Morgan fingerprint density at radius 1 is 1.38 bits per heavy atom. The van der Waals surface area contributed by atoms with Crippen molar-refractivity contribution in [1.29, 1.82) is 0 Å². The van der Waals surface area contributed by atoms with E-state index in [1.54, 1.807) is 0 Å². The largest absolute Gasteiger partial charge is 0.444 e. The Labute approximate surface area is 126 Å². The van der Waals surface area contributed by atoms with Gasteiger partial charge in [0.25, 0.3) is 0 Å². The number of ether oxygens (including phenoxy) is 1. The highest BCUT2D eigenvalue weighted by Crippen LogP contribution is 2.22. The zero-order chi connectivity index (χ0) is 15.6. The van der Waals surface area contributed by atoms with E-state index in [-0.39, 0.29) is 18.0 Å². The minimum atomic E-state index is -0.512. The van der Waals surface area contributed by atoms with Crippen molar-refractivity contribution < 1.29 is 14.3 Å². The van der Waals surface area contributed by atoms with Gasteiger partial charge in [0, 0.05) is 26.1 Å². The van der Waals surface area contributed by atoms with E-state index in [0.29, 0.717) is 18.9 Å². The monoisotopic (exact) mass is 297 g/mol. The van der Waals surface area contributed by atoms with Gasteiger partial charge >= 0.3 is 6.09 Å². The first kappa shape index (κ1) is 16.1. The third-order valence-corrected chi connectivity index (χ3v) is 3.99. The molecule has 0 aromatic carbocycles. The van der Waals surface area contributed by atoms with Crippen molar-refractivity contribution in [1.82, 2.24) is 15.5 Å². The quantitative estimate of drug-likeness (QED) is 0.801. The van der Waals surface area contributed by atoms with Crippen molar-refractivity contribution >= 4 is 12.0 Å². The Balaban J connectivity index is 1.94. The number of likely N-dealkylation sites (tertiary alicyclic amines) is 1. The van der Waals surface area contributed by atoms with Crippen LogP contribution in [-0.4, -0.2) is 54.2 Å². The topological polar surface area (TPSA) is 70.7 Å². The van der Waals surface area contributed by atoms with Crippen molar-refractivity contribution in [2.45, 2.75) is 58.2 Å². The van der Waals surface area contributed by atoms with Crippen LogP contribution in [0.25, 0.3) is 0 Å². The lowest BCUT2D eigenvalue weighted by molar-refractivity contribution is -0.137. The number of carbonyl (C=O) groups excluding carboxylic acids is 2. The van der Waals surface area contributed by atoms with Crippen LogP contribution < -0.4 is 10.6 Å². The molecule has 2 aliphatic heterocycles. The number of hydrogen-bond acceptors (Lipinski definition) is 4. The van der Waals surface area contributed by atoms with Crippen LogP contribution in [0.4, 0.5) is 4.79 Å². The Hall–Kier alpha value is -1.30. The van der Waals surface area contributed by atoms with Crippen LogP contribution >= 0.6 is 0 Å². The molecule has 2 rings (SSSR count). The molecule has 2 saturated heterocycles. The number of alkyl carbamates (subject to hydrolysis) is 1. The van der Waals surface area contributed by atoms with Gasteiger partial charge in [-0.25, -0.2) is 4.79 Å². The molecule has 0 saturated carbocycles. The van der Waals surface area contributed by atoms with Gasteiger partial charge in [-0.15, -0.1) is 0 Å². The second-order valence-corrected chi connectivity index (χ2v) is 7.16. The first-order chi connectivity index (χ1) is 9.76. The minimum Gasteiger partial charge on any atom is -0.444 e. The molecular weight excluding hydrogens is 270 g/mol. The van der Waals surface area contributed by atoms with E-state index in [1.807, 2.05) is 25.7 Å². The molecule has 2 amide bonds. The van der Waals surface area contributed by atoms with Gasteiger partial charge in [0.15, 0.2) is 0 Å². The molecule has 1 unspecified atom stereocenters. The second-order valence-electron chi connectivity index (χ2n) is 7.16. The molecule has 0 bridgehead atoms. The van der Waals surface area contributed by atoms with Gasteiger partial charge in [-0.3, -0.25) is 4.79 Å². The normalized spacial score (nSPS) is 30.4. The molecule has 2 heterocycles. The maximum Gasteiger partial charge on any atom is 0.407 e. The van der Waals surface area contributed by atoms with Crippen LogP contribution in [0.1, 0.15) is 40.5 Å². The van der Waals surface area contributed by atoms with Crippen molar-refractivity contribution in [2.75, 3.05) is 19.6 Å². The molecule has 2 aliphatic rings. The average molecular weight is 297 g/mol. The Morgan fingerprint density at radius 2 is 2.10 bits per heavy atom. The summed E-state index contributed by atoms with van der Waals surface area (Å²) in [6, 6.07) is -0.0604. The van der Waals surface area contributed by atoms with Crippen molar-refractivity contribution in [3.8, 4) is 0 Å². The first-order valence-corrected chi connectivity index (χ1v) is 7.76. The van der Waals surface area contributed by atoms with E-state index in [1.165, 1.54) is 0 Å². The molecule has 0 radical (unpaired) electrons. The molecule has 2 N–H and O–H groups in total. The van der Waals surface area contributed by atoms with Gasteiger partial charge in [-0.05, 0) is 33.1 Å². The number of nitrogens with zero attached hydrogens (tertiary/aromatic N) is 1. The highest BCUT2D eigenvalue weighted by Gasteiger charge is 2.38. The number of rotatable bonds is 2. The van der Waals surface area contributed by atoms with Crippen LogP contribution in [0.15, 0.2) is 0 Å². The third kappa shape index (κ3) is 4.33. The number of carbonyl (C=O) groups is 2. The smallest absolute Gasteiger partial charge is 0.407 e. The first-order valence-electron chi connectivity index (χ1n) is 7.76. The molecule has 0 spiro atoms. The van der Waals surface area contributed by atoms with E-state index in [2.05, 4.69) is 17.6 Å². The molecule has 6 heteroatoms. The summed E-state index contributed by atoms with van der Waals surface area (Å²) in [5.74, 6) is 0.652. The molecule has 3 atom stereocenters. The number of amides is 2. The predicted octanol–water partition coefficient (Wildman–Crippen LogP) is 1.11. The molecule has 0 aromatic heterocycles. The van der Waals surface area contributed by atoms with E-state index >= 15 is 0 Å². The fourth-order valence-corrected chi connectivity index (χ4v) is 2.95. The summed E-state index contributed by atoms with van der Waals surface area (Å²) in [6.07, 6.45) is 1.22. The van der Waals surface area contributed by atoms with Gasteiger partial charge in [0.1, 0.15) is 5.60 Å². The summed E-state index contributed by atoms with van der Waals surface area (Å²) in [5, 5.41) is 6.15. The Morgan fingerprint density at radius 3 is 2.71 bits per heavy atom. The molecule has 2 fully saturated rings. The maximum atomic E-state index is 12.2. The summed E-state index contributed by atoms with van der Waals surface area (Å²) in [4.78, 5) is 26.0. The van der Waals surface area contributed by atoms with E-state index in [4.69, 9.17) is 4.74 Å². The van der Waals surface area contributed by atoms with Crippen LogP contribution in [0.3, 0.4) is 0 Å². The fraction of sp³-hybridized carbons (Fsp3) is 0.867. The third-order valence-electron chi connectivity index (χ3n) is 3.99. The zero-order valence-electron chi connectivity index (χ0n) is 13.4. The molecule has 120 valence electrons. The van der Waals surface area contributed by atoms with Gasteiger partial charge in [-0.2, -0.15) is 0 Å². The van der Waals surface area contributed by atoms with Gasteiger partial charge in [0.05, 0.1) is 12.1 Å². The summed E-state index contributed by atoms with van der Waals surface area (Å²) in [6.45, 7) is 9.80. The highest BCUT2D eigenvalue weighted by molar-refractivity contribution is 5.78. The van der Waals surface area contributed by atoms with Crippen molar-refractivity contribution in [3.05, 3.63) is 0 Å². The lowest BCUT2D eigenvalue weighted by atomic mass is 9.96. The zero-order valence-corrected chi connectivity index (χ0v) is 13.4. The standard InChI is InChI=1S/C15H27N3O3/c1-10-5-6-18(13(19)7-10)12-9-16-8-11(12)17-14(20)21-15(2,3)4/h10-12,16H,5-9H2,1-4H3,(H,17,20)/t10?,11-,12+/m0/s1. The van der Waals surface area contributed by atoms with Crippen LogP contribution in [0.2, 0.25) is 0 Å². The van der Waals surface area contributed by atoms with Crippen molar-refractivity contribution in [3.63, 3.8) is 0 Å². The highest BCUT2D eigenvalue weighted by atomic mass is 16.6. The van der Waals surface area contributed by atoms with Crippen LogP contribution in [-0.2, 0) is 9.53 Å². The van der Waals surface area contributed by atoms with Crippen molar-refractivity contribution in [2.24, 2.45) is 5.92 Å². The van der Waals surface area contributed by atoms with Gasteiger partial charge in [-0.1, -0.05) is 6.92 Å². The summed E-state index contributed by atoms with van der Waals surface area (Å²) in [5.41, 5.74) is -0.512. The van der Waals surface area contributed by atoms with Crippen LogP contribution in [0.5, 0.6) is 0 Å². The molecule has 21 heavy (non-hydrogen) atoms. The van der Waals surface area contributed by atoms with E-state index in [0.717, 1.165) is 19.5 Å². The fourth-order valence-electron chi connectivity index (χ4n) is 2.95. The number of piperidine rings is 1. The lowest BCUT2D eigenvalue weighted by Crippen LogP contribution is -2.55. The summed E-state index contributed by atoms with van der Waals surface area (Å²) in [7, 11) is 0. The number of nitrogens with one attached hydrogen (secondary N) is 2. The molecule has 0 aliphatic carbocycles. The molecule has 0 aromatic rings. The van der Waals surface area contributed by atoms with Gasteiger partial charge in [0.2, 0.25) is 5.91 Å². The minimum absolute atomic E-state index is 0.0255. The summed E-state index contributed by atoms with van der Waals surface area (Å²) >= 11 is 0. The Kier molecular flexibility index (Phi) is 4.76. The number of hydrogen-bond donors (Lipinski definition) is 2. The maximum absolute atomic E-state index is 12.2. The molecular formula is C15H27N3O3. The van der Waals surface area contributed by atoms with Gasteiger partial charge < -0.3 is 20.3 Å². The Bertz CT molecular complexity index is 405. The lowest BCUT2D eigenvalue weighted by Gasteiger charge is -2.37. The van der Waals surface area contributed by atoms with Crippen LogP contribution in [0, 0.1) is 5.92 Å². The predicted molar refractivity (Wildman–Crippen MR) is 79.9 cm³/mol. The average Bonchev–Trinajstić information content (AvgIpc) is 2.74. The van der Waals surface area contributed by atoms with E-state index < -0.39 is 11.7 Å². The second kappa shape index (κ2) is 6.22. The SMILES string of the molecule is CC1CCN([C@@H]2CNC[C@@H]2NC(=O)OC(C)(C)C)C(=O)C1.